The van der Waals surface area contributed by atoms with E-state index in [1.807, 2.05) is 11.0 Å². The van der Waals surface area contributed by atoms with E-state index in [9.17, 15) is 14.4 Å². The molecule has 1 aromatic carbocycles. The number of piperazine rings is 1. The van der Waals surface area contributed by atoms with Gasteiger partial charge in [0.25, 0.3) is 5.56 Å². The fourth-order valence-corrected chi connectivity index (χ4v) is 4.07. The lowest BCUT2D eigenvalue weighted by molar-refractivity contribution is 0.249. The van der Waals surface area contributed by atoms with Crippen LogP contribution in [0.25, 0.3) is 11.0 Å². The number of aromatic nitrogens is 2. The van der Waals surface area contributed by atoms with Gasteiger partial charge in [-0.3, -0.25) is 9.69 Å². The molecule has 1 fully saturated rings. The lowest BCUT2D eigenvalue weighted by Gasteiger charge is -2.36. The van der Waals surface area contributed by atoms with E-state index in [0.717, 1.165) is 5.56 Å². The zero-order valence-corrected chi connectivity index (χ0v) is 17.7. The molecule has 6 nitrogen and oxygen atoms in total. The van der Waals surface area contributed by atoms with Gasteiger partial charge in [-0.1, -0.05) is 29.3 Å². The molecule has 0 saturated carbocycles. The minimum absolute atomic E-state index is 0.0630. The third-order valence-corrected chi connectivity index (χ3v) is 5.89. The molecule has 2 aromatic heterocycles. The van der Waals surface area contributed by atoms with E-state index >= 15 is 0 Å². The van der Waals surface area contributed by atoms with Crippen LogP contribution in [0, 0.1) is 17.1 Å². The zero-order valence-electron chi connectivity index (χ0n) is 16.2. The lowest BCUT2D eigenvalue weighted by Crippen LogP contribution is -2.47. The van der Waals surface area contributed by atoms with Crippen LogP contribution in [0.3, 0.4) is 0 Å². The summed E-state index contributed by atoms with van der Waals surface area (Å²) in [6, 6.07) is 10.2. The van der Waals surface area contributed by atoms with Crippen molar-refractivity contribution in [3.05, 3.63) is 67.8 Å². The molecule has 154 valence electrons. The maximum absolute atomic E-state index is 13.7. The van der Waals surface area contributed by atoms with Crippen LogP contribution < -0.4 is 10.5 Å². The molecule has 9 heteroatoms. The van der Waals surface area contributed by atoms with Gasteiger partial charge in [0, 0.05) is 39.8 Å². The fraction of sp³-hybridized carbons (Fsp3) is 0.286. The van der Waals surface area contributed by atoms with Crippen molar-refractivity contribution in [1.82, 2.24) is 14.5 Å². The molecular formula is C21H18Cl2FN5O. The van der Waals surface area contributed by atoms with Crippen molar-refractivity contribution in [2.45, 2.75) is 6.54 Å². The second-order valence-electron chi connectivity index (χ2n) is 7.21. The predicted octanol–water partition coefficient (Wildman–Crippen LogP) is 3.57. The van der Waals surface area contributed by atoms with Crippen molar-refractivity contribution < 1.29 is 4.39 Å². The second kappa shape index (κ2) is 8.23. The van der Waals surface area contributed by atoms with Crippen LogP contribution >= 0.6 is 23.2 Å². The summed E-state index contributed by atoms with van der Waals surface area (Å²) in [5, 5.41) is 10.1. The average molecular weight is 446 g/mol. The Balaban J connectivity index is 1.62. The number of aryl methyl sites for hydroxylation is 1. The van der Waals surface area contributed by atoms with Crippen LogP contribution in [0.5, 0.6) is 0 Å². The summed E-state index contributed by atoms with van der Waals surface area (Å²) < 4.78 is 15.1. The molecule has 0 bridgehead atoms. The van der Waals surface area contributed by atoms with E-state index in [1.54, 1.807) is 25.2 Å². The standard InChI is InChI=1S/C21H18Cl2FN5O/c1-27-17-4-5-18(23)26-19(17)20(14(11-25)21(27)30)29-8-6-28(7-9-29)12-13-2-3-15(22)16(24)10-13/h2-5,10H,6-9,12H2,1H3. The van der Waals surface area contributed by atoms with Gasteiger partial charge >= 0.3 is 0 Å². The van der Waals surface area contributed by atoms with Gasteiger partial charge in [0.1, 0.15) is 28.1 Å². The van der Waals surface area contributed by atoms with Crippen LogP contribution in [0.1, 0.15) is 11.1 Å². The zero-order chi connectivity index (χ0) is 21.4. The summed E-state index contributed by atoms with van der Waals surface area (Å²) >= 11 is 11.9. The van der Waals surface area contributed by atoms with Crippen LogP contribution in [0.4, 0.5) is 10.1 Å². The molecule has 1 aliphatic rings. The Morgan fingerprint density at radius 1 is 1.17 bits per heavy atom. The largest absolute Gasteiger partial charge is 0.366 e. The average Bonchev–Trinajstić information content (AvgIpc) is 2.74. The smallest absolute Gasteiger partial charge is 0.270 e. The van der Waals surface area contributed by atoms with Crippen molar-refractivity contribution in [1.29, 1.82) is 5.26 Å². The molecule has 1 saturated heterocycles. The van der Waals surface area contributed by atoms with Crippen molar-refractivity contribution >= 4 is 39.9 Å². The Bertz CT molecular complexity index is 1230. The second-order valence-corrected chi connectivity index (χ2v) is 8.01. The monoisotopic (exact) mass is 445 g/mol. The predicted molar refractivity (Wildman–Crippen MR) is 116 cm³/mol. The number of halogens is 3. The van der Waals surface area contributed by atoms with Gasteiger partial charge in [-0.15, -0.1) is 0 Å². The van der Waals surface area contributed by atoms with Crippen LogP contribution in [-0.2, 0) is 13.6 Å². The van der Waals surface area contributed by atoms with Gasteiger partial charge in [-0.05, 0) is 29.8 Å². The molecule has 0 amide bonds. The molecule has 0 unspecified atom stereocenters. The lowest BCUT2D eigenvalue weighted by atomic mass is 10.1. The number of hydrogen-bond acceptors (Lipinski definition) is 5. The SMILES string of the molecule is Cn1c(=O)c(C#N)c(N2CCN(Cc3ccc(Cl)c(F)c3)CC2)c2nc(Cl)ccc21. The van der Waals surface area contributed by atoms with Crippen LogP contribution in [-0.4, -0.2) is 40.6 Å². The molecular weight excluding hydrogens is 428 g/mol. The van der Waals surface area contributed by atoms with Crippen molar-refractivity contribution in [2.75, 3.05) is 31.1 Å². The third-order valence-electron chi connectivity index (χ3n) is 5.37. The Hall–Kier alpha value is -2.66. The first-order valence-corrected chi connectivity index (χ1v) is 10.1. The van der Waals surface area contributed by atoms with Gasteiger partial charge in [0.15, 0.2) is 0 Å². The van der Waals surface area contributed by atoms with Crippen molar-refractivity contribution in [3.8, 4) is 6.07 Å². The highest BCUT2D eigenvalue weighted by molar-refractivity contribution is 6.30. The van der Waals surface area contributed by atoms with Gasteiger partial charge in [-0.2, -0.15) is 5.26 Å². The highest BCUT2D eigenvalue weighted by Crippen LogP contribution is 2.29. The van der Waals surface area contributed by atoms with Gasteiger partial charge in [0.2, 0.25) is 0 Å². The maximum atomic E-state index is 13.7. The Morgan fingerprint density at radius 3 is 2.57 bits per heavy atom. The molecule has 1 aliphatic heterocycles. The molecule has 0 atom stereocenters. The Morgan fingerprint density at radius 2 is 1.90 bits per heavy atom. The van der Waals surface area contributed by atoms with E-state index in [2.05, 4.69) is 16.0 Å². The molecule has 30 heavy (non-hydrogen) atoms. The normalized spacial score (nSPS) is 14.8. The highest BCUT2D eigenvalue weighted by Gasteiger charge is 2.25. The number of benzene rings is 1. The maximum Gasteiger partial charge on any atom is 0.270 e. The summed E-state index contributed by atoms with van der Waals surface area (Å²) in [6.45, 7) is 3.16. The number of fused-ring (bicyclic) bond motifs is 1. The van der Waals surface area contributed by atoms with E-state index < -0.39 is 5.82 Å². The molecule has 3 heterocycles. The number of nitriles is 1. The summed E-state index contributed by atoms with van der Waals surface area (Å²) in [5.74, 6) is -0.430. The van der Waals surface area contributed by atoms with Gasteiger partial charge < -0.3 is 9.47 Å². The first-order chi connectivity index (χ1) is 14.4. The summed E-state index contributed by atoms with van der Waals surface area (Å²) in [5.41, 5.74) is 2.23. The van der Waals surface area contributed by atoms with E-state index in [4.69, 9.17) is 23.2 Å². The quantitative estimate of drug-likeness (QED) is 0.576. The van der Waals surface area contributed by atoms with Crippen LogP contribution in [0.15, 0.2) is 35.1 Å². The number of nitrogens with zero attached hydrogens (tertiary/aromatic N) is 5. The summed E-state index contributed by atoms with van der Waals surface area (Å²) in [7, 11) is 1.62. The first-order valence-electron chi connectivity index (χ1n) is 9.39. The molecule has 0 N–H and O–H groups in total. The minimum Gasteiger partial charge on any atom is -0.366 e. The van der Waals surface area contributed by atoms with Gasteiger partial charge in [0.05, 0.1) is 16.2 Å². The molecule has 0 spiro atoms. The topological polar surface area (TPSA) is 65.2 Å². The highest BCUT2D eigenvalue weighted by atomic mass is 35.5. The fourth-order valence-electron chi connectivity index (χ4n) is 3.80. The van der Waals surface area contributed by atoms with Crippen molar-refractivity contribution in [3.63, 3.8) is 0 Å². The van der Waals surface area contributed by atoms with E-state index in [1.165, 1.54) is 10.6 Å². The molecule has 0 aliphatic carbocycles. The number of pyridine rings is 2. The number of rotatable bonds is 3. The minimum atomic E-state index is -0.430. The van der Waals surface area contributed by atoms with Gasteiger partial charge in [-0.25, -0.2) is 9.37 Å². The Labute approximate surface area is 182 Å². The van der Waals surface area contributed by atoms with Crippen LogP contribution in [0.2, 0.25) is 10.2 Å². The Kier molecular flexibility index (Phi) is 5.65. The van der Waals surface area contributed by atoms with Crippen molar-refractivity contribution in [2.24, 2.45) is 7.05 Å². The third kappa shape index (κ3) is 3.74. The first kappa shape index (κ1) is 20.6. The molecule has 3 aromatic rings. The van der Waals surface area contributed by atoms with E-state index in [0.29, 0.717) is 54.6 Å². The molecule has 0 radical (unpaired) electrons. The number of anilines is 1. The summed E-state index contributed by atoms with van der Waals surface area (Å²) in [6.07, 6.45) is 0. The van der Waals surface area contributed by atoms with E-state index in [-0.39, 0.29) is 16.1 Å². The number of hydrogen-bond donors (Lipinski definition) is 0. The summed E-state index contributed by atoms with van der Waals surface area (Å²) in [4.78, 5) is 21.3. The molecule has 4 rings (SSSR count).